The molecule has 1 aliphatic heterocycles. The number of imidazole rings is 1. The number of carbonyl (C=O) groups is 1. The molecule has 0 amide bonds. The number of alkyl halides is 3. The molecule has 3 heterocycles. The second-order valence-electron chi connectivity index (χ2n) is 8.71. The van der Waals surface area contributed by atoms with Crippen LogP contribution in [0.15, 0.2) is 48.7 Å². The highest BCUT2D eigenvalue weighted by molar-refractivity contribution is 6.10. The Balaban J connectivity index is 1.45. The van der Waals surface area contributed by atoms with E-state index in [4.69, 9.17) is 4.74 Å². The summed E-state index contributed by atoms with van der Waals surface area (Å²) < 4.78 is 61.1. The van der Waals surface area contributed by atoms with Gasteiger partial charge in [0.15, 0.2) is 17.4 Å². The third-order valence-corrected chi connectivity index (χ3v) is 6.12. The van der Waals surface area contributed by atoms with Crippen LogP contribution in [-0.4, -0.2) is 57.7 Å². The molecule has 0 unspecified atom stereocenters. The molecule has 0 bridgehead atoms. The Hall–Kier alpha value is -3.70. The van der Waals surface area contributed by atoms with Crippen molar-refractivity contribution in [1.82, 2.24) is 15.0 Å². The van der Waals surface area contributed by atoms with Crippen LogP contribution in [0.2, 0.25) is 0 Å². The third kappa shape index (κ3) is 4.35. The summed E-state index contributed by atoms with van der Waals surface area (Å²) >= 11 is 0. The molecular formula is C25H22F4N4O3. The Bertz CT molecular complexity index is 1430. The predicted molar refractivity (Wildman–Crippen MR) is 124 cm³/mol. The third-order valence-electron chi connectivity index (χ3n) is 6.12. The Morgan fingerprint density at radius 3 is 2.75 bits per heavy atom. The number of morpholine rings is 1. The number of ether oxygens (including phenoxy) is 1. The zero-order valence-corrected chi connectivity index (χ0v) is 19.1. The van der Waals surface area contributed by atoms with E-state index in [1.54, 1.807) is 17.0 Å². The van der Waals surface area contributed by atoms with E-state index in [0.717, 1.165) is 12.1 Å². The number of H-pyrrole nitrogens is 2. The van der Waals surface area contributed by atoms with Gasteiger partial charge in [-0.3, -0.25) is 4.79 Å². The van der Waals surface area contributed by atoms with E-state index >= 15 is 4.39 Å². The molecule has 0 radical (unpaired) electrons. The fraction of sp³-hybridized carbons (Fsp3) is 0.280. The Morgan fingerprint density at radius 2 is 2.00 bits per heavy atom. The zero-order valence-electron chi connectivity index (χ0n) is 19.1. The first-order chi connectivity index (χ1) is 17.2. The molecule has 7 nitrogen and oxygen atoms in total. The van der Waals surface area contributed by atoms with E-state index in [2.05, 4.69) is 15.0 Å². The van der Waals surface area contributed by atoms with Crippen LogP contribution in [-0.2, 0) is 10.9 Å². The molecule has 1 saturated heterocycles. The number of rotatable bonds is 5. The number of ketones is 1. The SMILES string of the molecule is C[C@@H]1CN(c2ccc3nc(-c4cc(C(=O)c5ccccc5C(F)(F)F)c[nH]4)[nH]c3c2F)C[C@H](CO)O1. The number of aliphatic hydroxyl groups is 1. The fourth-order valence-electron chi connectivity index (χ4n) is 4.49. The van der Waals surface area contributed by atoms with Crippen molar-refractivity contribution in [2.24, 2.45) is 0 Å². The molecule has 2 atom stereocenters. The number of hydrogen-bond acceptors (Lipinski definition) is 5. The first kappa shape index (κ1) is 24.0. The number of nitrogens with zero attached hydrogens (tertiary/aromatic N) is 2. The number of hydrogen-bond donors (Lipinski definition) is 3. The van der Waals surface area contributed by atoms with Crippen molar-refractivity contribution in [2.75, 3.05) is 24.6 Å². The second-order valence-corrected chi connectivity index (χ2v) is 8.71. The van der Waals surface area contributed by atoms with E-state index in [1.807, 2.05) is 6.92 Å². The maximum atomic E-state index is 15.5. The largest absolute Gasteiger partial charge is 0.417 e. The number of halogens is 4. The van der Waals surface area contributed by atoms with Crippen molar-refractivity contribution in [3.63, 3.8) is 0 Å². The summed E-state index contributed by atoms with van der Waals surface area (Å²) in [5.41, 5.74) is -0.324. The van der Waals surface area contributed by atoms with E-state index in [-0.39, 0.29) is 29.6 Å². The van der Waals surface area contributed by atoms with Crippen molar-refractivity contribution >= 4 is 22.5 Å². The molecule has 0 spiro atoms. The van der Waals surface area contributed by atoms with Crippen LogP contribution >= 0.6 is 0 Å². The van der Waals surface area contributed by atoms with Gasteiger partial charge in [0.1, 0.15) is 5.52 Å². The van der Waals surface area contributed by atoms with Gasteiger partial charge in [-0.2, -0.15) is 13.2 Å². The van der Waals surface area contributed by atoms with Gasteiger partial charge in [-0.05, 0) is 31.2 Å². The van der Waals surface area contributed by atoms with Crippen LogP contribution in [0, 0.1) is 5.82 Å². The van der Waals surface area contributed by atoms with Crippen molar-refractivity contribution in [1.29, 1.82) is 0 Å². The first-order valence-corrected chi connectivity index (χ1v) is 11.2. The van der Waals surface area contributed by atoms with Gasteiger partial charge in [-0.15, -0.1) is 0 Å². The van der Waals surface area contributed by atoms with Gasteiger partial charge in [0.2, 0.25) is 0 Å². The van der Waals surface area contributed by atoms with Crippen LogP contribution in [0.1, 0.15) is 28.4 Å². The summed E-state index contributed by atoms with van der Waals surface area (Å²) in [6.45, 7) is 2.43. The van der Waals surface area contributed by atoms with Gasteiger partial charge in [-0.1, -0.05) is 18.2 Å². The number of aromatic amines is 2. The minimum absolute atomic E-state index is 0.0145. The Labute approximate surface area is 202 Å². The van der Waals surface area contributed by atoms with Gasteiger partial charge in [0.05, 0.1) is 41.3 Å². The molecule has 0 aliphatic carbocycles. The zero-order chi connectivity index (χ0) is 25.6. The number of aliphatic hydroxyl groups excluding tert-OH is 1. The maximum Gasteiger partial charge on any atom is 0.417 e. The molecule has 5 rings (SSSR count). The fourth-order valence-corrected chi connectivity index (χ4v) is 4.49. The molecule has 11 heteroatoms. The lowest BCUT2D eigenvalue weighted by atomic mass is 9.99. The summed E-state index contributed by atoms with van der Waals surface area (Å²) in [7, 11) is 0. The number of benzene rings is 2. The lowest BCUT2D eigenvalue weighted by molar-refractivity contribution is -0.137. The Morgan fingerprint density at radius 1 is 1.22 bits per heavy atom. The van der Waals surface area contributed by atoms with E-state index in [0.29, 0.717) is 30.0 Å². The van der Waals surface area contributed by atoms with E-state index in [9.17, 15) is 23.1 Å². The maximum absolute atomic E-state index is 15.5. The summed E-state index contributed by atoms with van der Waals surface area (Å²) in [4.78, 5) is 24.8. The lowest BCUT2D eigenvalue weighted by Gasteiger charge is -2.37. The number of aromatic nitrogens is 3. The topological polar surface area (TPSA) is 94.2 Å². The molecule has 1 aliphatic rings. The van der Waals surface area contributed by atoms with E-state index in [1.165, 1.54) is 24.4 Å². The molecule has 188 valence electrons. The Kier molecular flexibility index (Phi) is 6.05. The van der Waals surface area contributed by atoms with Crippen LogP contribution in [0.25, 0.3) is 22.6 Å². The highest BCUT2D eigenvalue weighted by Gasteiger charge is 2.35. The number of nitrogens with one attached hydrogen (secondary N) is 2. The standard InChI is InChI=1S/C25H22F4N4O3/c1-13-10-33(11-15(12-34)36-13)20-7-6-18-22(21(20)26)32-24(31-18)19-8-14(9-30-19)23(35)16-4-2-3-5-17(16)25(27,28)29/h2-9,13,15,30,34H,10-12H2,1H3,(H,31,32)/t13-,15-/m1/s1. The highest BCUT2D eigenvalue weighted by atomic mass is 19.4. The van der Waals surface area contributed by atoms with Gasteiger partial charge >= 0.3 is 6.18 Å². The van der Waals surface area contributed by atoms with Gasteiger partial charge in [-0.25, -0.2) is 9.37 Å². The molecular weight excluding hydrogens is 480 g/mol. The molecule has 4 aromatic rings. The van der Waals surface area contributed by atoms with Crippen molar-refractivity contribution < 1.29 is 32.2 Å². The van der Waals surface area contributed by atoms with Crippen LogP contribution in [0.4, 0.5) is 23.2 Å². The normalized spacial score (nSPS) is 18.7. The summed E-state index contributed by atoms with van der Waals surface area (Å²) in [5, 5.41) is 9.47. The van der Waals surface area contributed by atoms with Crippen molar-refractivity contribution in [3.8, 4) is 11.5 Å². The van der Waals surface area contributed by atoms with Gasteiger partial charge in [0, 0.05) is 30.4 Å². The van der Waals surface area contributed by atoms with E-state index < -0.39 is 35.0 Å². The summed E-state index contributed by atoms with van der Waals surface area (Å²) in [6, 6.07) is 9.21. The monoisotopic (exact) mass is 502 g/mol. The molecule has 3 N–H and O–H groups in total. The quantitative estimate of drug-likeness (QED) is 0.275. The summed E-state index contributed by atoms with van der Waals surface area (Å²) in [5.74, 6) is -1.10. The number of carbonyl (C=O) groups excluding carboxylic acids is 1. The lowest BCUT2D eigenvalue weighted by Crippen LogP contribution is -2.48. The smallest absolute Gasteiger partial charge is 0.394 e. The van der Waals surface area contributed by atoms with Crippen LogP contribution in [0.5, 0.6) is 0 Å². The second kappa shape index (κ2) is 9.07. The molecule has 2 aromatic heterocycles. The van der Waals surface area contributed by atoms with Crippen molar-refractivity contribution in [3.05, 3.63) is 71.2 Å². The van der Waals surface area contributed by atoms with Crippen molar-refractivity contribution in [2.45, 2.75) is 25.3 Å². The average molecular weight is 502 g/mol. The molecule has 0 saturated carbocycles. The number of fused-ring (bicyclic) bond motifs is 1. The van der Waals surface area contributed by atoms with Gasteiger partial charge < -0.3 is 24.7 Å². The number of anilines is 1. The van der Waals surface area contributed by atoms with Gasteiger partial charge in [0.25, 0.3) is 0 Å². The first-order valence-electron chi connectivity index (χ1n) is 11.2. The van der Waals surface area contributed by atoms with Crippen LogP contribution < -0.4 is 4.90 Å². The molecule has 2 aromatic carbocycles. The summed E-state index contributed by atoms with van der Waals surface area (Å²) in [6.07, 6.45) is -4.00. The predicted octanol–water partition coefficient (Wildman–Crippen LogP) is 4.53. The molecule has 1 fully saturated rings. The molecule has 36 heavy (non-hydrogen) atoms. The van der Waals surface area contributed by atoms with Crippen LogP contribution in [0.3, 0.4) is 0 Å². The highest BCUT2D eigenvalue weighted by Crippen LogP contribution is 2.34. The minimum atomic E-state index is -4.67. The average Bonchev–Trinajstić information content (AvgIpc) is 3.51. The minimum Gasteiger partial charge on any atom is -0.394 e.